The maximum absolute atomic E-state index is 10.4. The average Bonchev–Trinajstić information content (AvgIpc) is 1.98. The number of rotatable bonds is 3. The summed E-state index contributed by atoms with van der Waals surface area (Å²) >= 11 is 3.05. The maximum Gasteiger partial charge on any atom is 0.673 e. The molecule has 84 valence electrons. The van der Waals surface area contributed by atoms with Crippen molar-refractivity contribution >= 4 is 26.0 Å². The molecular weight excluding hydrogens is 225 g/mol. The van der Waals surface area contributed by atoms with Crippen LogP contribution in [-0.2, 0) is 17.4 Å². The van der Waals surface area contributed by atoms with E-state index in [1.807, 2.05) is 0 Å². The lowest BCUT2D eigenvalue weighted by atomic mass is 10.3. The van der Waals surface area contributed by atoms with Crippen molar-refractivity contribution in [3.8, 4) is 0 Å². The molecular formula is C5H10BF4NO2S. The normalized spacial score (nSPS) is 9.50. The second-order valence-corrected chi connectivity index (χ2v) is 2.09. The van der Waals surface area contributed by atoms with Gasteiger partial charge in [-0.2, -0.15) is 0 Å². The van der Waals surface area contributed by atoms with Gasteiger partial charge in [-0.05, 0) is 12.6 Å². The molecule has 0 aromatic carbocycles. The second-order valence-electron chi connectivity index (χ2n) is 1.74. The van der Waals surface area contributed by atoms with Crippen LogP contribution in [0.1, 0.15) is 0 Å². The van der Waals surface area contributed by atoms with Gasteiger partial charge in [-0.15, -0.1) is 0 Å². The van der Waals surface area contributed by atoms with Crippen LogP contribution in [0, 0.1) is 0 Å². The minimum atomic E-state index is -6.00. The number of amides is 1. The summed E-state index contributed by atoms with van der Waals surface area (Å²) in [5, 5.41) is 2.38. The van der Waals surface area contributed by atoms with Gasteiger partial charge in [0.1, 0.15) is 6.61 Å². The van der Waals surface area contributed by atoms with E-state index in [1.54, 1.807) is 0 Å². The molecule has 3 nitrogen and oxygen atoms in total. The summed E-state index contributed by atoms with van der Waals surface area (Å²) in [6.45, 7) is 3.62. The Morgan fingerprint density at radius 3 is 2.21 bits per heavy atom. The van der Waals surface area contributed by atoms with E-state index in [4.69, 9.17) is 0 Å². The van der Waals surface area contributed by atoms with Crippen molar-refractivity contribution in [3.05, 3.63) is 12.7 Å². The third-order valence-corrected chi connectivity index (χ3v) is 0.742. The Bertz CT molecular complexity index is 172. The molecule has 0 atom stereocenters. The fourth-order valence-corrected chi connectivity index (χ4v) is 0.402. The molecule has 9 heteroatoms. The summed E-state index contributed by atoms with van der Waals surface area (Å²) in [7, 11) is -6.00. The first kappa shape index (κ1) is 15.6. The quantitative estimate of drug-likeness (QED) is 0.345. The van der Waals surface area contributed by atoms with Gasteiger partial charge in [0, 0.05) is 0 Å². The highest BCUT2D eigenvalue weighted by Gasteiger charge is 2.20. The summed E-state index contributed by atoms with van der Waals surface area (Å²) in [4.78, 5) is 10.4. The van der Waals surface area contributed by atoms with Gasteiger partial charge in [-0.3, -0.25) is 5.32 Å². The van der Waals surface area contributed by atoms with Crippen LogP contribution in [0.25, 0.3) is 0 Å². The van der Waals surface area contributed by atoms with Gasteiger partial charge in [-0.25, -0.2) is 4.79 Å². The minimum absolute atomic E-state index is 0.248. The van der Waals surface area contributed by atoms with E-state index < -0.39 is 13.3 Å². The van der Waals surface area contributed by atoms with Crippen LogP contribution in [0.2, 0.25) is 0 Å². The Labute approximate surface area is 84.0 Å². The molecule has 14 heavy (non-hydrogen) atoms. The third kappa shape index (κ3) is 30.4. The molecule has 1 N–H and O–H groups in total. The minimum Gasteiger partial charge on any atom is -0.445 e. The molecule has 0 aliphatic heterocycles. The zero-order chi connectivity index (χ0) is 11.6. The lowest BCUT2D eigenvalue weighted by Gasteiger charge is -1.97. The maximum atomic E-state index is 10.4. The van der Waals surface area contributed by atoms with Crippen molar-refractivity contribution in [2.45, 2.75) is 0 Å². The zero-order valence-electron chi connectivity index (χ0n) is 7.10. The van der Waals surface area contributed by atoms with Crippen molar-refractivity contribution in [1.29, 1.82) is 0 Å². The highest BCUT2D eigenvalue weighted by molar-refractivity contribution is 7.58. The number of hydrogen-bond acceptors (Lipinski definition) is 2. The van der Waals surface area contributed by atoms with Crippen molar-refractivity contribution < 1.29 is 26.8 Å². The number of nitrogens with one attached hydrogen (secondary N) is 1. The first-order valence-corrected chi connectivity index (χ1v) is 4.05. The Morgan fingerprint density at radius 2 is 1.93 bits per heavy atom. The molecule has 0 rings (SSSR count). The molecule has 0 aliphatic rings. The molecule has 0 aromatic heterocycles. The number of hydrogen-bond donors (Lipinski definition) is 1. The fraction of sp³-hybridized carbons (Fsp3) is 0.400. The summed E-state index contributed by atoms with van der Waals surface area (Å²) in [6.07, 6.45) is 1.07. The number of halogens is 4. The lowest BCUT2D eigenvalue weighted by Crippen LogP contribution is -2.23. The molecule has 0 spiro atoms. The Kier molecular flexibility index (Phi) is 9.73. The van der Waals surface area contributed by atoms with Crippen LogP contribution < -0.4 is 5.32 Å². The van der Waals surface area contributed by atoms with E-state index in [-0.39, 0.29) is 6.61 Å². The molecule has 0 bridgehead atoms. The standard InChI is InChI=1S/C5H9NO2S.BF4/c1-2-3-8-5(7)6-4-9;2-1(3,4)5/h2,9H,1,3-4H2,(H,6,7);/q;-1/p+1. The van der Waals surface area contributed by atoms with E-state index in [0.717, 1.165) is 0 Å². The highest BCUT2D eigenvalue weighted by Crippen LogP contribution is 2.06. The molecule has 0 saturated carbocycles. The smallest absolute Gasteiger partial charge is 0.445 e. The van der Waals surface area contributed by atoms with Crippen molar-refractivity contribution in [1.82, 2.24) is 5.32 Å². The molecule has 0 saturated heterocycles. The molecule has 0 unspecified atom stereocenters. The Hall–Kier alpha value is -0.855. The molecule has 0 heterocycles. The summed E-state index contributed by atoms with van der Waals surface area (Å²) in [5.74, 6) is 0.399. The molecule has 0 aliphatic carbocycles. The Morgan fingerprint density at radius 1 is 1.50 bits per heavy atom. The van der Waals surface area contributed by atoms with E-state index in [9.17, 15) is 22.1 Å². The van der Waals surface area contributed by atoms with Crippen LogP contribution in [0.4, 0.5) is 22.1 Å². The predicted octanol–water partition coefficient (Wildman–Crippen LogP) is 1.17. The molecule has 0 fully saturated rings. The molecule has 1 amide bonds. The predicted molar refractivity (Wildman–Crippen MR) is 49.9 cm³/mol. The number of carbonyl (C=O) groups is 1. The third-order valence-electron chi connectivity index (χ3n) is 0.565. The molecule has 0 aromatic rings. The second kappa shape index (κ2) is 8.73. The summed E-state index contributed by atoms with van der Waals surface area (Å²) in [5.41, 5.74) is 0. The van der Waals surface area contributed by atoms with E-state index in [0.29, 0.717) is 5.88 Å². The van der Waals surface area contributed by atoms with Crippen LogP contribution in [-0.4, -0.2) is 25.8 Å². The topological polar surface area (TPSA) is 38.3 Å². The first-order chi connectivity index (χ1) is 6.31. The van der Waals surface area contributed by atoms with Crippen LogP contribution in [0.15, 0.2) is 12.7 Å². The zero-order valence-corrected chi connectivity index (χ0v) is 8.10. The number of ether oxygens (including phenoxy) is 1. The fourth-order valence-electron chi connectivity index (χ4n) is 0.258. The van der Waals surface area contributed by atoms with E-state index in [1.165, 1.54) is 6.08 Å². The monoisotopic (exact) mass is 235 g/mol. The van der Waals surface area contributed by atoms with Crippen molar-refractivity contribution in [2.24, 2.45) is 0 Å². The molecule has 0 radical (unpaired) electrons. The van der Waals surface area contributed by atoms with Gasteiger partial charge in [-0.1, -0.05) is 12.7 Å². The highest BCUT2D eigenvalue weighted by atomic mass is 32.1. The lowest BCUT2D eigenvalue weighted by molar-refractivity contribution is 0.160. The summed E-state index contributed by atoms with van der Waals surface area (Å²) in [6, 6.07) is 0. The van der Waals surface area contributed by atoms with Crippen molar-refractivity contribution in [2.75, 3.05) is 12.5 Å². The largest absolute Gasteiger partial charge is 0.673 e. The van der Waals surface area contributed by atoms with Gasteiger partial charge in [0.25, 0.3) is 0 Å². The summed E-state index contributed by atoms with van der Waals surface area (Å²) < 4.78 is 43.5. The van der Waals surface area contributed by atoms with Gasteiger partial charge in [0.15, 0.2) is 5.88 Å². The van der Waals surface area contributed by atoms with Crippen LogP contribution in [0.5, 0.6) is 0 Å². The number of alkyl carbamates (subject to hydrolysis) is 1. The average molecular weight is 235 g/mol. The Balaban J connectivity index is 0. The SMILES string of the molecule is C=CCOC(=O)NC[SH2+].F[B-](F)(F)F. The van der Waals surface area contributed by atoms with Gasteiger partial charge < -0.3 is 22.0 Å². The van der Waals surface area contributed by atoms with Gasteiger partial charge in [0.2, 0.25) is 0 Å². The first-order valence-electron chi connectivity index (χ1n) is 3.34. The van der Waals surface area contributed by atoms with Gasteiger partial charge >= 0.3 is 13.3 Å². The number of carbonyl (C=O) groups excluding carboxylic acids is 1. The van der Waals surface area contributed by atoms with Crippen LogP contribution in [0.3, 0.4) is 0 Å². The van der Waals surface area contributed by atoms with E-state index in [2.05, 4.69) is 29.3 Å². The van der Waals surface area contributed by atoms with Crippen LogP contribution >= 0.6 is 0 Å². The van der Waals surface area contributed by atoms with E-state index >= 15 is 0 Å². The van der Waals surface area contributed by atoms with Crippen molar-refractivity contribution in [3.63, 3.8) is 0 Å². The van der Waals surface area contributed by atoms with Gasteiger partial charge in [0.05, 0.1) is 0 Å².